The molecule has 1 aromatic carbocycles. The number of nitrogen functional groups attached to an aromatic ring is 1. The summed E-state index contributed by atoms with van der Waals surface area (Å²) in [6, 6.07) is 5.71. The number of nitrogens with zero attached hydrogens (tertiary/aromatic N) is 3. The number of nitrogens with one attached hydrogen (secondary N) is 1. The summed E-state index contributed by atoms with van der Waals surface area (Å²) in [5, 5.41) is 14.9. The van der Waals surface area contributed by atoms with Gasteiger partial charge in [0.25, 0.3) is 0 Å². The van der Waals surface area contributed by atoms with Gasteiger partial charge in [-0.1, -0.05) is 19.9 Å². The molecule has 0 aliphatic rings. The van der Waals surface area contributed by atoms with E-state index in [1.54, 1.807) is 12.3 Å². The van der Waals surface area contributed by atoms with Crippen molar-refractivity contribution < 1.29 is 0 Å². The van der Waals surface area contributed by atoms with Gasteiger partial charge < -0.3 is 5.73 Å². The Labute approximate surface area is 106 Å². The third-order valence-electron chi connectivity index (χ3n) is 2.89. The van der Waals surface area contributed by atoms with Crippen LogP contribution >= 0.6 is 0 Å². The molecule has 5 heteroatoms. The SMILES string of the molecule is CCc1ccc(N)c(N=Nc2ccn[nH]2)c1CC. The lowest BCUT2D eigenvalue weighted by Gasteiger charge is -2.10. The molecule has 1 aromatic heterocycles. The molecule has 18 heavy (non-hydrogen) atoms. The van der Waals surface area contributed by atoms with Crippen molar-refractivity contribution in [2.24, 2.45) is 10.2 Å². The Balaban J connectivity index is 2.42. The Morgan fingerprint density at radius 2 is 2.00 bits per heavy atom. The Morgan fingerprint density at radius 1 is 1.17 bits per heavy atom. The normalized spacial score (nSPS) is 11.2. The number of benzene rings is 1. The van der Waals surface area contributed by atoms with Gasteiger partial charge in [-0.25, -0.2) is 0 Å². The molecule has 2 rings (SSSR count). The average molecular weight is 243 g/mol. The van der Waals surface area contributed by atoms with Crippen LogP contribution in [-0.2, 0) is 12.8 Å². The molecule has 0 unspecified atom stereocenters. The Hall–Kier alpha value is -2.17. The number of aryl methyl sites for hydroxylation is 1. The fraction of sp³-hybridized carbons (Fsp3) is 0.308. The van der Waals surface area contributed by atoms with Gasteiger partial charge in [0, 0.05) is 6.07 Å². The van der Waals surface area contributed by atoms with E-state index in [1.165, 1.54) is 11.1 Å². The van der Waals surface area contributed by atoms with Crippen LogP contribution in [0.25, 0.3) is 0 Å². The predicted molar refractivity (Wildman–Crippen MR) is 72.4 cm³/mol. The van der Waals surface area contributed by atoms with E-state index in [0.717, 1.165) is 18.5 Å². The van der Waals surface area contributed by atoms with Crippen molar-refractivity contribution >= 4 is 17.2 Å². The average Bonchev–Trinajstić information content (AvgIpc) is 2.90. The summed E-state index contributed by atoms with van der Waals surface area (Å²) in [5.41, 5.74) is 9.85. The molecule has 94 valence electrons. The van der Waals surface area contributed by atoms with E-state index in [2.05, 4.69) is 40.3 Å². The maximum absolute atomic E-state index is 5.98. The first-order chi connectivity index (χ1) is 8.76. The minimum atomic E-state index is 0.623. The Bertz CT molecular complexity index is 543. The van der Waals surface area contributed by atoms with Gasteiger partial charge in [0.05, 0.1) is 11.9 Å². The first-order valence-corrected chi connectivity index (χ1v) is 6.07. The van der Waals surface area contributed by atoms with Crippen LogP contribution in [0.5, 0.6) is 0 Å². The lowest BCUT2D eigenvalue weighted by molar-refractivity contribution is 1.02. The van der Waals surface area contributed by atoms with Crippen LogP contribution in [-0.4, -0.2) is 10.2 Å². The van der Waals surface area contributed by atoms with Gasteiger partial charge in [-0.3, -0.25) is 5.10 Å². The molecule has 1 heterocycles. The quantitative estimate of drug-likeness (QED) is 0.636. The monoisotopic (exact) mass is 243 g/mol. The topological polar surface area (TPSA) is 79.4 Å². The van der Waals surface area contributed by atoms with E-state index in [1.807, 2.05) is 6.07 Å². The zero-order valence-electron chi connectivity index (χ0n) is 10.6. The van der Waals surface area contributed by atoms with Crippen molar-refractivity contribution in [1.82, 2.24) is 10.2 Å². The molecule has 0 saturated carbocycles. The number of aromatic nitrogens is 2. The number of aromatic amines is 1. The molecule has 0 aliphatic carbocycles. The van der Waals surface area contributed by atoms with Crippen molar-refractivity contribution in [3.05, 3.63) is 35.5 Å². The number of azo groups is 1. The first kappa shape index (κ1) is 12.3. The molecule has 0 atom stereocenters. The summed E-state index contributed by atoms with van der Waals surface area (Å²) in [7, 11) is 0. The van der Waals surface area contributed by atoms with E-state index < -0.39 is 0 Å². The van der Waals surface area contributed by atoms with Gasteiger partial charge in [0.2, 0.25) is 0 Å². The van der Waals surface area contributed by atoms with E-state index in [0.29, 0.717) is 11.5 Å². The summed E-state index contributed by atoms with van der Waals surface area (Å²) in [4.78, 5) is 0. The molecular formula is C13H17N5. The zero-order valence-corrected chi connectivity index (χ0v) is 10.6. The molecule has 0 radical (unpaired) electrons. The highest BCUT2D eigenvalue weighted by atomic mass is 15.2. The molecule has 0 amide bonds. The number of H-pyrrole nitrogens is 1. The molecular weight excluding hydrogens is 226 g/mol. The van der Waals surface area contributed by atoms with Crippen molar-refractivity contribution in [1.29, 1.82) is 0 Å². The summed E-state index contributed by atoms with van der Waals surface area (Å²) in [6.07, 6.45) is 3.50. The second kappa shape index (κ2) is 5.44. The highest BCUT2D eigenvalue weighted by Gasteiger charge is 2.09. The largest absolute Gasteiger partial charge is 0.397 e. The highest BCUT2D eigenvalue weighted by Crippen LogP contribution is 2.31. The summed E-state index contributed by atoms with van der Waals surface area (Å²) >= 11 is 0. The van der Waals surface area contributed by atoms with Crippen molar-refractivity contribution in [2.45, 2.75) is 26.7 Å². The van der Waals surface area contributed by atoms with Crippen molar-refractivity contribution in [3.63, 3.8) is 0 Å². The fourth-order valence-corrected chi connectivity index (χ4v) is 1.95. The molecule has 0 aliphatic heterocycles. The zero-order chi connectivity index (χ0) is 13.0. The molecule has 0 spiro atoms. The Kier molecular flexibility index (Phi) is 3.72. The van der Waals surface area contributed by atoms with Crippen LogP contribution in [0.1, 0.15) is 25.0 Å². The van der Waals surface area contributed by atoms with Crippen LogP contribution in [0.4, 0.5) is 17.2 Å². The predicted octanol–water partition coefficient (Wildman–Crippen LogP) is 3.53. The van der Waals surface area contributed by atoms with Gasteiger partial charge >= 0.3 is 0 Å². The number of rotatable bonds is 4. The van der Waals surface area contributed by atoms with Crippen LogP contribution in [0.3, 0.4) is 0 Å². The number of anilines is 1. The maximum atomic E-state index is 5.98. The van der Waals surface area contributed by atoms with E-state index in [-0.39, 0.29) is 0 Å². The summed E-state index contributed by atoms with van der Waals surface area (Å²) < 4.78 is 0. The summed E-state index contributed by atoms with van der Waals surface area (Å²) in [6.45, 7) is 4.23. The third-order valence-corrected chi connectivity index (χ3v) is 2.89. The van der Waals surface area contributed by atoms with Crippen LogP contribution in [0, 0.1) is 0 Å². The van der Waals surface area contributed by atoms with Crippen LogP contribution in [0.2, 0.25) is 0 Å². The summed E-state index contributed by atoms with van der Waals surface area (Å²) in [5.74, 6) is 0.623. The molecule has 2 aromatic rings. The van der Waals surface area contributed by atoms with Gasteiger partial charge in [0.1, 0.15) is 5.69 Å². The molecule has 0 saturated heterocycles. The highest BCUT2D eigenvalue weighted by molar-refractivity contribution is 5.68. The standard InChI is InChI=1S/C13H17N5/c1-3-9-5-6-11(14)13(10(9)4-2)18-17-12-7-8-15-16-12/h5-8H,3-4,14H2,1-2H3,(H,15,16). The molecule has 5 nitrogen and oxygen atoms in total. The van der Waals surface area contributed by atoms with Crippen molar-refractivity contribution in [3.8, 4) is 0 Å². The molecule has 3 N–H and O–H groups in total. The lowest BCUT2D eigenvalue weighted by Crippen LogP contribution is -1.95. The Morgan fingerprint density at radius 3 is 2.61 bits per heavy atom. The first-order valence-electron chi connectivity index (χ1n) is 6.07. The van der Waals surface area contributed by atoms with E-state index in [4.69, 9.17) is 5.73 Å². The third kappa shape index (κ3) is 2.40. The second-order valence-electron chi connectivity index (χ2n) is 3.99. The maximum Gasteiger partial charge on any atom is 0.170 e. The number of nitrogens with two attached hydrogens (primary N) is 1. The van der Waals surface area contributed by atoms with Gasteiger partial charge in [-0.15, -0.1) is 10.2 Å². The molecule has 0 bridgehead atoms. The number of hydrogen-bond donors (Lipinski definition) is 2. The minimum Gasteiger partial charge on any atom is -0.397 e. The van der Waals surface area contributed by atoms with Crippen LogP contribution in [0.15, 0.2) is 34.6 Å². The molecule has 0 fully saturated rings. The van der Waals surface area contributed by atoms with E-state index in [9.17, 15) is 0 Å². The van der Waals surface area contributed by atoms with Crippen LogP contribution < -0.4 is 5.73 Å². The minimum absolute atomic E-state index is 0.623. The van der Waals surface area contributed by atoms with Gasteiger partial charge in [0.15, 0.2) is 5.82 Å². The second-order valence-corrected chi connectivity index (χ2v) is 3.99. The lowest BCUT2D eigenvalue weighted by atomic mass is 10.00. The van der Waals surface area contributed by atoms with Gasteiger partial charge in [-0.05, 0) is 30.0 Å². The fourth-order valence-electron chi connectivity index (χ4n) is 1.95. The van der Waals surface area contributed by atoms with Crippen molar-refractivity contribution in [2.75, 3.05) is 5.73 Å². The van der Waals surface area contributed by atoms with E-state index >= 15 is 0 Å². The number of hydrogen-bond acceptors (Lipinski definition) is 4. The smallest absolute Gasteiger partial charge is 0.170 e. The van der Waals surface area contributed by atoms with Gasteiger partial charge in [-0.2, -0.15) is 5.10 Å².